The molecule has 11 heteroatoms. The quantitative estimate of drug-likeness (QED) is 0.246. The number of ether oxygens (including phenoxy) is 1. The number of allylic oxidation sites excluding steroid dienone is 1. The Kier molecular flexibility index (Phi) is 10.3. The first-order valence-corrected chi connectivity index (χ1v) is 14.6. The summed E-state index contributed by atoms with van der Waals surface area (Å²) in [6.45, 7) is 10.3. The Morgan fingerprint density at radius 3 is 2.65 bits per heavy atom. The second-order valence-corrected chi connectivity index (χ2v) is 11.8. The monoisotopic (exact) mass is 566 g/mol. The maximum absolute atomic E-state index is 12.2. The first-order chi connectivity index (χ1) is 19.2. The first kappa shape index (κ1) is 29.7. The molecule has 10 nitrogen and oxygen atoms in total. The van der Waals surface area contributed by atoms with Crippen molar-refractivity contribution in [3.8, 4) is 0 Å². The van der Waals surface area contributed by atoms with Crippen LogP contribution >= 0.6 is 12.2 Å². The van der Waals surface area contributed by atoms with Crippen LogP contribution in [0, 0.1) is 0 Å². The fraction of sp³-hybridized carbons (Fsp3) is 0.552. The van der Waals surface area contributed by atoms with Gasteiger partial charge in [0.25, 0.3) is 0 Å². The lowest BCUT2D eigenvalue weighted by molar-refractivity contribution is 0.0145. The van der Waals surface area contributed by atoms with Gasteiger partial charge in [0.1, 0.15) is 11.4 Å². The van der Waals surface area contributed by atoms with Crippen molar-refractivity contribution in [2.24, 2.45) is 10.7 Å². The van der Waals surface area contributed by atoms with Crippen molar-refractivity contribution in [2.75, 3.05) is 44.6 Å². The minimum absolute atomic E-state index is 0.233. The maximum Gasteiger partial charge on any atom is 0.410 e. The van der Waals surface area contributed by atoms with E-state index in [1.165, 1.54) is 12.8 Å². The number of aliphatic imine (C=N–C) groups is 1. The molecule has 40 heavy (non-hydrogen) atoms. The molecule has 4 rings (SSSR count). The lowest BCUT2D eigenvalue weighted by atomic mass is 10.1. The Morgan fingerprint density at radius 2 is 1.95 bits per heavy atom. The van der Waals surface area contributed by atoms with Crippen LogP contribution in [0.2, 0.25) is 0 Å². The van der Waals surface area contributed by atoms with Crippen LogP contribution in [0.5, 0.6) is 0 Å². The van der Waals surface area contributed by atoms with Crippen LogP contribution in [0.3, 0.4) is 0 Å². The Morgan fingerprint density at radius 1 is 1.20 bits per heavy atom. The molecule has 216 valence electrons. The maximum atomic E-state index is 12.2. The van der Waals surface area contributed by atoms with Crippen LogP contribution in [-0.2, 0) is 4.74 Å². The van der Waals surface area contributed by atoms with Gasteiger partial charge in [0, 0.05) is 75.1 Å². The number of nitrogens with two attached hydrogens (primary N) is 1. The SMILES string of the molecule is CC(C)(C)OC(=O)N1CCN(CCCN=CC(=CN)c2cnc3ccc(NC(=S)NC4CCCC4)nc3c2)CC1. The van der Waals surface area contributed by atoms with Gasteiger partial charge in [-0.25, -0.2) is 9.78 Å². The standard InChI is InChI=1S/C29H42N8O2S/c1-29(2,3)39-28(38)37-15-13-36(14-16-37)12-6-11-31-19-22(18-30)21-17-25-24(32-20-21)9-10-26(34-25)35-27(40)33-23-7-4-5-8-23/h9-10,17-20,23H,4-8,11-16,30H2,1-3H3,(H2,33,34,35,40). The number of piperazine rings is 1. The zero-order chi connectivity index (χ0) is 28.5. The van der Waals surface area contributed by atoms with Crippen molar-refractivity contribution in [3.63, 3.8) is 0 Å². The molecule has 1 saturated carbocycles. The summed E-state index contributed by atoms with van der Waals surface area (Å²) in [5.74, 6) is 0.681. The fourth-order valence-electron chi connectivity index (χ4n) is 4.88. The molecular weight excluding hydrogens is 524 g/mol. The summed E-state index contributed by atoms with van der Waals surface area (Å²) in [6.07, 6.45) is 10.6. The number of fused-ring (bicyclic) bond motifs is 1. The molecule has 2 aliphatic rings. The molecule has 2 aromatic heterocycles. The molecule has 1 aliphatic carbocycles. The molecule has 2 aromatic rings. The van der Waals surface area contributed by atoms with E-state index in [-0.39, 0.29) is 6.09 Å². The molecular formula is C29H42N8O2S. The fourth-order valence-corrected chi connectivity index (χ4v) is 5.16. The highest BCUT2D eigenvalue weighted by atomic mass is 32.1. The van der Waals surface area contributed by atoms with Gasteiger partial charge in [-0.1, -0.05) is 12.8 Å². The van der Waals surface area contributed by atoms with Crippen molar-refractivity contribution >= 4 is 52.1 Å². The molecule has 0 bridgehead atoms. The van der Waals surface area contributed by atoms with E-state index < -0.39 is 5.60 Å². The molecule has 0 aromatic carbocycles. The Hall–Kier alpha value is -3.31. The average Bonchev–Trinajstić information content (AvgIpc) is 3.42. The zero-order valence-electron chi connectivity index (χ0n) is 23.9. The molecule has 1 saturated heterocycles. The summed E-state index contributed by atoms with van der Waals surface area (Å²) < 4.78 is 5.48. The summed E-state index contributed by atoms with van der Waals surface area (Å²) in [5.41, 5.74) is 8.67. The molecule has 1 amide bonds. The van der Waals surface area contributed by atoms with Gasteiger partial charge in [-0.3, -0.25) is 14.9 Å². The Balaban J connectivity index is 1.24. The topological polar surface area (TPSA) is 121 Å². The van der Waals surface area contributed by atoms with Crippen LogP contribution in [0.15, 0.2) is 35.6 Å². The molecule has 4 N–H and O–H groups in total. The van der Waals surface area contributed by atoms with Crippen LogP contribution in [-0.4, -0.2) is 88.1 Å². The second kappa shape index (κ2) is 13.8. The number of amides is 1. The van der Waals surface area contributed by atoms with Gasteiger partial charge in [-0.15, -0.1) is 0 Å². The van der Waals surface area contributed by atoms with E-state index in [1.807, 2.05) is 39.0 Å². The van der Waals surface area contributed by atoms with Gasteiger partial charge in [0.15, 0.2) is 5.11 Å². The predicted octanol–water partition coefficient (Wildman–Crippen LogP) is 4.17. The van der Waals surface area contributed by atoms with Crippen molar-refractivity contribution < 1.29 is 9.53 Å². The van der Waals surface area contributed by atoms with Crippen LogP contribution in [0.1, 0.15) is 58.4 Å². The van der Waals surface area contributed by atoms with Gasteiger partial charge >= 0.3 is 6.09 Å². The van der Waals surface area contributed by atoms with E-state index in [1.54, 1.807) is 23.5 Å². The smallest absolute Gasteiger partial charge is 0.410 e. The summed E-state index contributed by atoms with van der Waals surface area (Å²) in [4.78, 5) is 30.3. The number of carbonyl (C=O) groups excluding carboxylic acids is 1. The predicted molar refractivity (Wildman–Crippen MR) is 166 cm³/mol. The molecule has 0 atom stereocenters. The number of nitrogens with one attached hydrogen (secondary N) is 2. The van der Waals surface area contributed by atoms with Crippen LogP contribution in [0.4, 0.5) is 10.6 Å². The summed E-state index contributed by atoms with van der Waals surface area (Å²) in [5, 5.41) is 7.18. The van der Waals surface area contributed by atoms with E-state index in [0.29, 0.717) is 36.6 Å². The summed E-state index contributed by atoms with van der Waals surface area (Å²) >= 11 is 5.48. The van der Waals surface area contributed by atoms with Crippen molar-refractivity contribution in [2.45, 2.75) is 64.5 Å². The Bertz CT molecular complexity index is 1230. The number of carbonyl (C=O) groups is 1. The van der Waals surface area contributed by atoms with Crippen LogP contribution in [0.25, 0.3) is 16.6 Å². The molecule has 2 fully saturated rings. The number of hydrogen-bond donors (Lipinski definition) is 3. The van der Waals surface area contributed by atoms with Crippen molar-refractivity contribution in [1.82, 2.24) is 25.1 Å². The van der Waals surface area contributed by atoms with Crippen LogP contribution < -0.4 is 16.4 Å². The summed E-state index contributed by atoms with van der Waals surface area (Å²) in [6, 6.07) is 6.23. The number of anilines is 1. The van der Waals surface area contributed by atoms with Gasteiger partial charge < -0.3 is 26.0 Å². The van der Waals surface area contributed by atoms with Gasteiger partial charge in [0.2, 0.25) is 0 Å². The third-order valence-corrected chi connectivity index (χ3v) is 7.22. The minimum atomic E-state index is -0.470. The van der Waals surface area contributed by atoms with E-state index in [2.05, 4.69) is 25.5 Å². The van der Waals surface area contributed by atoms with E-state index in [4.69, 9.17) is 27.7 Å². The highest BCUT2D eigenvalue weighted by Crippen LogP contribution is 2.20. The Labute approximate surface area is 242 Å². The molecule has 0 unspecified atom stereocenters. The highest BCUT2D eigenvalue weighted by Gasteiger charge is 2.25. The highest BCUT2D eigenvalue weighted by molar-refractivity contribution is 7.80. The molecule has 0 spiro atoms. The molecule has 3 heterocycles. The number of aromatic nitrogens is 2. The first-order valence-electron chi connectivity index (χ1n) is 14.2. The van der Waals surface area contributed by atoms with Crippen molar-refractivity contribution in [1.29, 1.82) is 0 Å². The third kappa shape index (κ3) is 8.85. The number of nitrogens with zero attached hydrogens (tertiary/aromatic N) is 5. The van der Waals surface area contributed by atoms with Gasteiger partial charge in [-0.05, 0) is 70.5 Å². The largest absolute Gasteiger partial charge is 0.444 e. The van der Waals surface area contributed by atoms with E-state index in [0.717, 1.165) is 61.1 Å². The normalized spacial score (nSPS) is 17.5. The summed E-state index contributed by atoms with van der Waals surface area (Å²) in [7, 11) is 0. The number of hydrogen-bond acceptors (Lipinski definition) is 8. The van der Waals surface area contributed by atoms with Gasteiger partial charge in [0.05, 0.1) is 11.0 Å². The number of thiocarbonyl (C=S) groups is 1. The van der Waals surface area contributed by atoms with Gasteiger partial charge in [-0.2, -0.15) is 0 Å². The lowest BCUT2D eigenvalue weighted by Gasteiger charge is -2.35. The van der Waals surface area contributed by atoms with E-state index >= 15 is 0 Å². The van der Waals surface area contributed by atoms with E-state index in [9.17, 15) is 4.79 Å². The molecule has 1 aliphatic heterocycles. The number of rotatable bonds is 8. The second-order valence-electron chi connectivity index (χ2n) is 11.4. The number of pyridine rings is 2. The lowest BCUT2D eigenvalue weighted by Crippen LogP contribution is -2.50. The van der Waals surface area contributed by atoms with Crippen molar-refractivity contribution in [3.05, 3.63) is 36.2 Å². The minimum Gasteiger partial charge on any atom is -0.444 e. The zero-order valence-corrected chi connectivity index (χ0v) is 24.7. The average molecular weight is 567 g/mol. The third-order valence-electron chi connectivity index (χ3n) is 7.00. The molecule has 0 radical (unpaired) electrons.